The number of carbonyl (C=O) groups is 1. The lowest BCUT2D eigenvalue weighted by Crippen LogP contribution is -2.35. The summed E-state index contributed by atoms with van der Waals surface area (Å²) in [5.74, 6) is -0.551. The molecule has 0 spiro atoms. The topological polar surface area (TPSA) is 87.3 Å². The van der Waals surface area contributed by atoms with Gasteiger partial charge in [0, 0.05) is 21.8 Å². The maximum absolute atomic E-state index is 12.6. The Balaban J connectivity index is 1.69. The summed E-state index contributed by atoms with van der Waals surface area (Å²) < 4.78 is 27.7. The largest absolute Gasteiger partial charge is 0.298 e. The molecule has 0 fully saturated rings. The summed E-state index contributed by atoms with van der Waals surface area (Å²) >= 11 is 17.7. The molecule has 6 nitrogen and oxygen atoms in total. The van der Waals surface area contributed by atoms with Crippen molar-refractivity contribution in [3.8, 4) is 0 Å². The van der Waals surface area contributed by atoms with Crippen LogP contribution in [0, 0.1) is 0 Å². The highest BCUT2D eigenvalue weighted by molar-refractivity contribution is 7.92. The van der Waals surface area contributed by atoms with E-state index in [1.807, 2.05) is 0 Å². The maximum Gasteiger partial charge on any atom is 0.269 e. The Kier molecular flexibility index (Phi) is 7.12. The number of carbonyl (C=O) groups excluding carboxylic acids is 1. The van der Waals surface area contributed by atoms with Crippen molar-refractivity contribution in [2.75, 3.05) is 4.72 Å². The molecule has 0 aromatic heterocycles. The summed E-state index contributed by atoms with van der Waals surface area (Å²) in [6.07, 6.45) is 0. The number of hydrazine groups is 1. The van der Waals surface area contributed by atoms with Gasteiger partial charge in [-0.2, -0.15) is 0 Å². The molecule has 0 atom stereocenters. The normalized spacial score (nSPS) is 10.9. The third-order valence-corrected chi connectivity index (χ3v) is 6.47. The summed E-state index contributed by atoms with van der Waals surface area (Å²) in [6, 6.07) is 16.7. The molecule has 0 heterocycles. The molecule has 0 radical (unpaired) electrons. The van der Waals surface area contributed by atoms with Crippen LogP contribution in [0.15, 0.2) is 78.2 Å². The first-order chi connectivity index (χ1) is 14.7. The second kappa shape index (κ2) is 9.62. The van der Waals surface area contributed by atoms with E-state index in [1.54, 1.807) is 30.3 Å². The Hall–Kier alpha value is -2.71. The van der Waals surface area contributed by atoms with Crippen molar-refractivity contribution >= 4 is 62.1 Å². The van der Waals surface area contributed by atoms with Crippen LogP contribution in [0.25, 0.3) is 5.70 Å². The molecule has 31 heavy (non-hydrogen) atoms. The van der Waals surface area contributed by atoms with Gasteiger partial charge in [-0.15, -0.1) is 0 Å². The number of benzene rings is 3. The van der Waals surface area contributed by atoms with Crippen LogP contribution in [0.1, 0.15) is 15.9 Å². The van der Waals surface area contributed by atoms with E-state index in [4.69, 9.17) is 34.8 Å². The first-order valence-corrected chi connectivity index (χ1v) is 11.4. The van der Waals surface area contributed by atoms with Crippen LogP contribution in [0.3, 0.4) is 0 Å². The quantitative estimate of drug-likeness (QED) is 0.385. The highest BCUT2D eigenvalue weighted by atomic mass is 35.5. The first-order valence-electron chi connectivity index (χ1n) is 8.75. The van der Waals surface area contributed by atoms with Crippen LogP contribution in [-0.2, 0) is 10.0 Å². The van der Waals surface area contributed by atoms with Crippen LogP contribution in [-0.4, -0.2) is 14.3 Å². The van der Waals surface area contributed by atoms with E-state index in [0.29, 0.717) is 32.0 Å². The Morgan fingerprint density at radius 1 is 0.806 bits per heavy atom. The van der Waals surface area contributed by atoms with E-state index in [0.717, 1.165) is 0 Å². The molecule has 3 N–H and O–H groups in total. The van der Waals surface area contributed by atoms with Crippen LogP contribution in [0.2, 0.25) is 15.1 Å². The summed E-state index contributed by atoms with van der Waals surface area (Å²) in [4.78, 5) is 12.4. The zero-order chi connectivity index (χ0) is 22.6. The lowest BCUT2D eigenvalue weighted by molar-refractivity contribution is 0.0942. The minimum absolute atomic E-state index is 0.0709. The molecule has 0 aliphatic carbocycles. The van der Waals surface area contributed by atoms with Crippen molar-refractivity contribution in [3.63, 3.8) is 0 Å². The number of hydrogen-bond donors (Lipinski definition) is 3. The minimum atomic E-state index is -3.90. The zero-order valence-electron chi connectivity index (χ0n) is 15.8. The monoisotopic (exact) mass is 495 g/mol. The van der Waals surface area contributed by atoms with E-state index >= 15 is 0 Å². The maximum atomic E-state index is 12.6. The highest BCUT2D eigenvalue weighted by Crippen LogP contribution is 2.24. The standard InChI is InChI=1S/C21H16Cl3N3O3S/c1-13(14-5-10-19(23)20(24)12-14)25-26-21(28)15-3-2-4-18(11-15)31(29,30)27-17-8-6-16(22)7-9-17/h2-12,25,27H,1H2,(H,26,28). The van der Waals surface area contributed by atoms with E-state index < -0.39 is 15.9 Å². The van der Waals surface area contributed by atoms with Crippen LogP contribution in [0.4, 0.5) is 5.69 Å². The fraction of sp³-hybridized carbons (Fsp3) is 0. The average molecular weight is 497 g/mol. The molecule has 10 heteroatoms. The number of hydrogen-bond acceptors (Lipinski definition) is 4. The predicted molar refractivity (Wildman–Crippen MR) is 125 cm³/mol. The van der Waals surface area contributed by atoms with Crippen LogP contribution >= 0.6 is 34.8 Å². The van der Waals surface area contributed by atoms with Gasteiger partial charge in [0.25, 0.3) is 15.9 Å². The van der Waals surface area contributed by atoms with Gasteiger partial charge in [0.15, 0.2) is 0 Å². The molecule has 0 saturated heterocycles. The number of halogens is 3. The third-order valence-electron chi connectivity index (χ3n) is 4.10. The number of anilines is 1. The van der Waals surface area contributed by atoms with Gasteiger partial charge in [0.1, 0.15) is 0 Å². The van der Waals surface area contributed by atoms with Crippen molar-refractivity contribution in [2.45, 2.75) is 4.90 Å². The van der Waals surface area contributed by atoms with Gasteiger partial charge in [-0.3, -0.25) is 20.4 Å². The van der Waals surface area contributed by atoms with E-state index in [2.05, 4.69) is 22.2 Å². The summed E-state index contributed by atoms with van der Waals surface area (Å²) in [7, 11) is -3.90. The molecule has 1 amide bonds. The molecule has 3 aromatic rings. The summed E-state index contributed by atoms with van der Waals surface area (Å²) in [5, 5.41) is 1.23. The molecule has 0 unspecified atom stereocenters. The Morgan fingerprint density at radius 2 is 1.52 bits per heavy atom. The minimum Gasteiger partial charge on any atom is -0.298 e. The molecular formula is C21H16Cl3N3O3S. The van der Waals surface area contributed by atoms with E-state index in [-0.39, 0.29) is 10.5 Å². The number of rotatable bonds is 7. The summed E-state index contributed by atoms with van der Waals surface area (Å²) in [5.41, 5.74) is 6.62. The molecule has 0 bridgehead atoms. The van der Waals surface area contributed by atoms with Crippen molar-refractivity contribution < 1.29 is 13.2 Å². The molecule has 0 aliphatic rings. The summed E-state index contributed by atoms with van der Waals surface area (Å²) in [6.45, 7) is 3.83. The zero-order valence-corrected chi connectivity index (χ0v) is 18.9. The fourth-order valence-electron chi connectivity index (χ4n) is 2.50. The van der Waals surface area contributed by atoms with Crippen molar-refractivity contribution in [2.24, 2.45) is 0 Å². The molecular weight excluding hydrogens is 481 g/mol. The van der Waals surface area contributed by atoms with Crippen molar-refractivity contribution in [1.82, 2.24) is 10.9 Å². The smallest absolute Gasteiger partial charge is 0.269 e. The third kappa shape index (κ3) is 5.92. The van der Waals surface area contributed by atoms with Crippen LogP contribution in [0.5, 0.6) is 0 Å². The molecule has 0 aliphatic heterocycles. The van der Waals surface area contributed by atoms with Crippen molar-refractivity contribution in [3.05, 3.63) is 99.5 Å². The van der Waals surface area contributed by atoms with Gasteiger partial charge >= 0.3 is 0 Å². The van der Waals surface area contributed by atoms with Gasteiger partial charge in [-0.05, 0) is 54.6 Å². The Labute approximate surface area is 194 Å². The second-order valence-electron chi connectivity index (χ2n) is 6.33. The van der Waals surface area contributed by atoms with Gasteiger partial charge < -0.3 is 0 Å². The van der Waals surface area contributed by atoms with Gasteiger partial charge in [0.2, 0.25) is 0 Å². The number of sulfonamides is 1. The van der Waals surface area contributed by atoms with Crippen molar-refractivity contribution in [1.29, 1.82) is 0 Å². The molecule has 160 valence electrons. The fourth-order valence-corrected chi connectivity index (χ4v) is 4.03. The molecule has 0 saturated carbocycles. The van der Waals surface area contributed by atoms with Gasteiger partial charge in [0.05, 0.1) is 20.6 Å². The highest BCUT2D eigenvalue weighted by Gasteiger charge is 2.17. The second-order valence-corrected chi connectivity index (χ2v) is 9.26. The number of nitrogens with one attached hydrogen (secondary N) is 3. The Bertz CT molecular complexity index is 1250. The average Bonchev–Trinajstić information content (AvgIpc) is 2.75. The van der Waals surface area contributed by atoms with Gasteiger partial charge in [-0.1, -0.05) is 53.5 Å². The number of amides is 1. The Morgan fingerprint density at radius 3 is 2.19 bits per heavy atom. The SMILES string of the molecule is C=C(NNC(=O)c1cccc(S(=O)(=O)Nc2ccc(Cl)cc2)c1)c1ccc(Cl)c(Cl)c1. The molecule has 3 rings (SSSR count). The van der Waals surface area contributed by atoms with E-state index in [9.17, 15) is 13.2 Å². The van der Waals surface area contributed by atoms with Crippen LogP contribution < -0.4 is 15.6 Å². The lowest BCUT2D eigenvalue weighted by Gasteiger charge is -2.13. The van der Waals surface area contributed by atoms with Gasteiger partial charge in [-0.25, -0.2) is 8.42 Å². The lowest BCUT2D eigenvalue weighted by atomic mass is 10.2. The first kappa shape index (κ1) is 23.0. The van der Waals surface area contributed by atoms with E-state index in [1.165, 1.54) is 36.4 Å². The molecule has 3 aromatic carbocycles. The predicted octanol–water partition coefficient (Wildman–Crippen LogP) is 5.35.